The van der Waals surface area contributed by atoms with Crippen molar-refractivity contribution in [2.75, 3.05) is 30.8 Å². The summed E-state index contributed by atoms with van der Waals surface area (Å²) in [4.78, 5) is 4.45. The van der Waals surface area contributed by atoms with Crippen molar-refractivity contribution in [2.24, 2.45) is 0 Å². The fraction of sp³-hybridized carbons (Fsp3) is 1.00. The van der Waals surface area contributed by atoms with Crippen molar-refractivity contribution in [3.05, 3.63) is 0 Å². The van der Waals surface area contributed by atoms with E-state index in [1.165, 1.54) is 76.5 Å². The van der Waals surface area contributed by atoms with Gasteiger partial charge in [-0.15, -0.1) is 0 Å². The number of rotatable bonds is 17. The minimum atomic E-state index is -1.24. The van der Waals surface area contributed by atoms with Crippen LogP contribution in [-0.2, 0) is 0 Å². The second kappa shape index (κ2) is 16.3. The Labute approximate surface area is 150 Å². The second-order valence-electron chi connectivity index (χ2n) is 7.40. The van der Waals surface area contributed by atoms with Gasteiger partial charge in [0, 0.05) is 0 Å². The molecule has 0 unspecified atom stereocenters. The summed E-state index contributed by atoms with van der Waals surface area (Å²) in [5.41, 5.74) is 0. The van der Waals surface area contributed by atoms with Gasteiger partial charge >= 0.3 is 150 Å². The molecule has 1 nitrogen and oxygen atoms in total. The summed E-state index contributed by atoms with van der Waals surface area (Å²) in [6.45, 7) is 11.8. The summed E-state index contributed by atoms with van der Waals surface area (Å²) < 4.78 is 0. The van der Waals surface area contributed by atoms with Gasteiger partial charge in [-0.3, -0.25) is 0 Å². The van der Waals surface area contributed by atoms with Crippen LogP contribution >= 0.6 is 15.5 Å². The van der Waals surface area contributed by atoms with Gasteiger partial charge in [0.25, 0.3) is 0 Å². The van der Waals surface area contributed by atoms with E-state index in [2.05, 4.69) is 39.5 Å². The van der Waals surface area contributed by atoms with Crippen LogP contribution in [0, 0.1) is 0 Å². The molecule has 0 aliphatic carbocycles. The van der Waals surface area contributed by atoms with Crippen molar-refractivity contribution in [2.45, 2.75) is 98.8 Å². The van der Waals surface area contributed by atoms with Gasteiger partial charge in [-0.1, -0.05) is 0 Å². The monoisotopic (exact) mass is 363 g/mol. The van der Waals surface area contributed by atoms with Crippen LogP contribution in [0.2, 0.25) is 0 Å². The van der Waals surface area contributed by atoms with Gasteiger partial charge in [0.1, 0.15) is 0 Å². The normalized spacial score (nSPS) is 13.0. The first kappa shape index (κ1) is 23.8. The number of hydrogen-bond donors (Lipinski definition) is 1. The zero-order chi connectivity index (χ0) is 17.4. The molecule has 0 saturated carbocycles. The Morgan fingerprint density at radius 3 is 1.22 bits per heavy atom. The van der Waals surface area contributed by atoms with E-state index in [0.29, 0.717) is 0 Å². The molecule has 0 saturated heterocycles. The van der Waals surface area contributed by atoms with Crippen molar-refractivity contribution in [1.29, 1.82) is 0 Å². The quantitative estimate of drug-likeness (QED) is 0.262. The zero-order valence-corrected chi connectivity index (χ0v) is 18.9. The number of nitrogens with one attached hydrogen (secondary N) is 1. The van der Waals surface area contributed by atoms with Crippen LogP contribution in [0.15, 0.2) is 0 Å². The first-order valence-corrected chi connectivity index (χ1v) is 15.0. The average Bonchev–Trinajstić information content (AvgIpc) is 2.58. The van der Waals surface area contributed by atoms with Crippen LogP contribution in [0.1, 0.15) is 98.8 Å². The molecule has 0 aromatic carbocycles. The first-order valence-electron chi connectivity index (χ1n) is 10.7. The summed E-state index contributed by atoms with van der Waals surface area (Å²) in [6, 6.07) is 0. The fourth-order valence-electron chi connectivity index (χ4n) is 3.35. The Morgan fingerprint density at radius 1 is 0.565 bits per heavy atom. The third-order valence-electron chi connectivity index (χ3n) is 4.99. The number of unbranched alkanes of at least 4 members (excludes halogenated alkanes) is 5. The van der Waals surface area contributed by atoms with E-state index >= 15 is 0 Å². The third-order valence-corrected chi connectivity index (χ3v) is 13.8. The van der Waals surface area contributed by atoms with E-state index in [9.17, 15) is 0 Å². The summed E-state index contributed by atoms with van der Waals surface area (Å²) in [7, 11) is -1.14. The molecule has 23 heavy (non-hydrogen) atoms. The fourth-order valence-corrected chi connectivity index (χ4v) is 13.7. The molecular weight excluding hydrogens is 316 g/mol. The maximum atomic E-state index is 4.45. The van der Waals surface area contributed by atoms with Gasteiger partial charge in [-0.25, -0.2) is 0 Å². The van der Waals surface area contributed by atoms with Gasteiger partial charge < -0.3 is 0 Å². The Bertz CT molecular complexity index is 216. The molecule has 0 heterocycles. The van der Waals surface area contributed by atoms with E-state index in [4.69, 9.17) is 0 Å². The Balaban J connectivity index is 4.95. The predicted octanol–water partition coefficient (Wildman–Crippen LogP) is 7.64. The summed E-state index contributed by atoms with van der Waals surface area (Å²) in [6.07, 6.45) is 21.7. The van der Waals surface area contributed by atoms with Crippen LogP contribution in [0.25, 0.3) is 0 Å². The maximum absolute atomic E-state index is 4.45. The second-order valence-corrected chi connectivity index (χ2v) is 14.3. The van der Waals surface area contributed by atoms with Crippen LogP contribution in [0.4, 0.5) is 0 Å². The van der Waals surface area contributed by atoms with Crippen LogP contribution in [0.5, 0.6) is 0 Å². The van der Waals surface area contributed by atoms with Crippen LogP contribution in [-0.4, -0.2) is 30.8 Å². The minimum absolute atomic E-state index is 0.102. The van der Waals surface area contributed by atoms with Gasteiger partial charge in [0.2, 0.25) is 0 Å². The zero-order valence-electron chi connectivity index (χ0n) is 17.1. The molecule has 0 spiro atoms. The van der Waals surface area contributed by atoms with E-state index in [0.717, 1.165) is 0 Å². The molecule has 0 aliphatic heterocycles. The van der Waals surface area contributed by atoms with Crippen LogP contribution < -0.4 is 4.86 Å². The van der Waals surface area contributed by atoms with E-state index < -0.39 is 7.41 Å². The molecular formula is C20H47NP2. The predicted molar refractivity (Wildman–Crippen MR) is 117 cm³/mol. The molecule has 142 valence electrons. The molecule has 0 rings (SSSR count). The Morgan fingerprint density at radius 2 is 0.913 bits per heavy atom. The Kier molecular flexibility index (Phi) is 16.9. The standard InChI is InChI=1S/C20H47NP2/c1-6-11-16-22(17-12-7-2)21-23(18-13-8-3,19-14-9-4)20-15-10-5/h21,23H,6-20H2,1-5H3. The van der Waals surface area contributed by atoms with Gasteiger partial charge in [0.05, 0.1) is 0 Å². The molecule has 0 aliphatic rings. The summed E-state index contributed by atoms with van der Waals surface area (Å²) in [5, 5.41) is 0. The molecule has 0 amide bonds. The molecule has 0 atom stereocenters. The Hall–Kier alpha value is 0.820. The van der Waals surface area contributed by atoms with Crippen molar-refractivity contribution in [3.8, 4) is 0 Å². The molecule has 0 fully saturated rings. The first-order chi connectivity index (χ1) is 11.2. The van der Waals surface area contributed by atoms with E-state index in [1.807, 2.05) is 0 Å². The van der Waals surface area contributed by atoms with E-state index in [1.54, 1.807) is 18.5 Å². The van der Waals surface area contributed by atoms with Gasteiger partial charge in [-0.05, 0) is 0 Å². The third kappa shape index (κ3) is 11.9. The molecule has 0 aromatic rings. The van der Waals surface area contributed by atoms with Crippen LogP contribution in [0.3, 0.4) is 0 Å². The van der Waals surface area contributed by atoms with Crippen molar-refractivity contribution in [1.82, 2.24) is 4.86 Å². The average molecular weight is 364 g/mol. The van der Waals surface area contributed by atoms with Crippen molar-refractivity contribution >= 4 is 15.5 Å². The summed E-state index contributed by atoms with van der Waals surface area (Å²) in [5.74, 6) is 0. The number of hydrogen-bond acceptors (Lipinski definition) is 1. The SMILES string of the molecule is CCCCP(CCCC)N[PH](CCCC)(CCCC)CCCC. The molecule has 1 N–H and O–H groups in total. The van der Waals surface area contributed by atoms with Crippen molar-refractivity contribution < 1.29 is 0 Å². The molecule has 0 radical (unpaired) electrons. The van der Waals surface area contributed by atoms with Gasteiger partial charge in [0.15, 0.2) is 0 Å². The van der Waals surface area contributed by atoms with Crippen molar-refractivity contribution in [3.63, 3.8) is 0 Å². The molecule has 3 heteroatoms. The topological polar surface area (TPSA) is 12.0 Å². The molecule has 0 bridgehead atoms. The molecule has 0 aromatic heterocycles. The van der Waals surface area contributed by atoms with Gasteiger partial charge in [-0.2, -0.15) is 0 Å². The van der Waals surface area contributed by atoms with E-state index in [-0.39, 0.29) is 8.07 Å². The summed E-state index contributed by atoms with van der Waals surface area (Å²) >= 11 is 0.